The average molecular weight is 273 g/mol. The first-order valence-corrected chi connectivity index (χ1v) is 6.39. The molecule has 1 amide bonds. The van der Waals surface area contributed by atoms with Gasteiger partial charge in [0.1, 0.15) is 11.5 Å². The predicted molar refractivity (Wildman–Crippen MR) is 75.3 cm³/mol. The highest BCUT2D eigenvalue weighted by atomic mass is 32.1. The highest BCUT2D eigenvalue weighted by Gasteiger charge is 2.11. The second-order valence-electron chi connectivity index (χ2n) is 4.13. The number of nitrogens with one attached hydrogen (secondary N) is 2. The van der Waals surface area contributed by atoms with Gasteiger partial charge in [-0.3, -0.25) is 10.1 Å². The van der Waals surface area contributed by atoms with Crippen molar-refractivity contribution >= 4 is 39.2 Å². The summed E-state index contributed by atoms with van der Waals surface area (Å²) in [6.45, 7) is 1.78. The molecule has 3 aromatic rings. The molecule has 0 saturated heterocycles. The number of aromatic nitrogens is 3. The Hall–Kier alpha value is -2.41. The Morgan fingerprint density at radius 3 is 3.00 bits per heavy atom. The van der Waals surface area contributed by atoms with Crippen LogP contribution in [0.25, 0.3) is 10.9 Å². The number of nitrogens with two attached hydrogens (primary N) is 1. The molecule has 1 aromatic carbocycles. The van der Waals surface area contributed by atoms with Crippen molar-refractivity contribution in [2.24, 2.45) is 0 Å². The number of nitrogens with zero attached hydrogens (tertiary/aromatic N) is 2. The maximum atomic E-state index is 12.0. The van der Waals surface area contributed by atoms with Crippen molar-refractivity contribution < 1.29 is 4.79 Å². The van der Waals surface area contributed by atoms with E-state index in [9.17, 15) is 4.79 Å². The maximum Gasteiger partial charge on any atom is 0.273 e. The molecule has 4 N–H and O–H groups in total. The van der Waals surface area contributed by atoms with Crippen LogP contribution in [-0.4, -0.2) is 20.2 Å². The van der Waals surface area contributed by atoms with Gasteiger partial charge in [-0.25, -0.2) is 4.98 Å². The molecule has 6 nitrogen and oxygen atoms in total. The molecular weight excluding hydrogens is 262 g/mol. The number of carbonyl (C=O) groups is 1. The summed E-state index contributed by atoms with van der Waals surface area (Å²) in [7, 11) is 0. The molecule has 0 unspecified atom stereocenters. The van der Waals surface area contributed by atoms with E-state index in [0.29, 0.717) is 22.3 Å². The van der Waals surface area contributed by atoms with E-state index >= 15 is 0 Å². The number of nitrogen functional groups attached to an aromatic ring is 1. The van der Waals surface area contributed by atoms with Gasteiger partial charge in [0.05, 0.1) is 0 Å². The zero-order valence-corrected chi connectivity index (χ0v) is 10.9. The highest BCUT2D eigenvalue weighted by molar-refractivity contribution is 7.09. The zero-order chi connectivity index (χ0) is 13.4. The molecule has 19 heavy (non-hydrogen) atoms. The Kier molecular flexibility index (Phi) is 2.68. The number of H-pyrrole nitrogens is 1. The zero-order valence-electron chi connectivity index (χ0n) is 10.1. The Morgan fingerprint density at radius 1 is 1.42 bits per heavy atom. The molecule has 3 rings (SSSR count). The minimum Gasteiger partial charge on any atom is -0.399 e. The van der Waals surface area contributed by atoms with Crippen LogP contribution < -0.4 is 11.1 Å². The van der Waals surface area contributed by atoms with Gasteiger partial charge in [-0.05, 0) is 31.2 Å². The molecule has 2 heterocycles. The van der Waals surface area contributed by atoms with E-state index in [2.05, 4.69) is 19.7 Å². The number of aryl methyl sites for hydroxylation is 1. The van der Waals surface area contributed by atoms with E-state index in [-0.39, 0.29) is 5.91 Å². The van der Waals surface area contributed by atoms with Crippen LogP contribution in [-0.2, 0) is 0 Å². The second kappa shape index (κ2) is 4.36. The lowest BCUT2D eigenvalue weighted by molar-refractivity contribution is 0.102. The van der Waals surface area contributed by atoms with E-state index in [4.69, 9.17) is 5.73 Å². The minimum atomic E-state index is -0.245. The van der Waals surface area contributed by atoms with Gasteiger partial charge >= 0.3 is 0 Å². The largest absolute Gasteiger partial charge is 0.399 e. The van der Waals surface area contributed by atoms with E-state index < -0.39 is 0 Å². The normalized spacial score (nSPS) is 10.8. The van der Waals surface area contributed by atoms with Gasteiger partial charge in [-0.15, -0.1) is 0 Å². The Bertz CT molecular complexity index is 760. The summed E-state index contributed by atoms with van der Waals surface area (Å²) in [6.07, 6.45) is 0. The van der Waals surface area contributed by atoms with Gasteiger partial charge in [0, 0.05) is 28.1 Å². The highest BCUT2D eigenvalue weighted by Crippen LogP contribution is 2.19. The predicted octanol–water partition coefficient (Wildman–Crippen LogP) is 2.16. The number of benzene rings is 1. The van der Waals surface area contributed by atoms with Gasteiger partial charge in [-0.2, -0.15) is 4.37 Å². The lowest BCUT2D eigenvalue weighted by atomic mass is 10.2. The van der Waals surface area contributed by atoms with Gasteiger partial charge in [0.2, 0.25) is 5.13 Å². The third-order valence-electron chi connectivity index (χ3n) is 2.64. The van der Waals surface area contributed by atoms with E-state index in [1.54, 1.807) is 19.1 Å². The molecule has 0 bridgehead atoms. The molecular formula is C12H11N5OS. The molecule has 0 aliphatic carbocycles. The van der Waals surface area contributed by atoms with Gasteiger partial charge in [0.25, 0.3) is 5.91 Å². The molecule has 96 valence electrons. The van der Waals surface area contributed by atoms with Crippen molar-refractivity contribution in [3.63, 3.8) is 0 Å². The van der Waals surface area contributed by atoms with Crippen molar-refractivity contribution in [1.82, 2.24) is 14.3 Å². The summed E-state index contributed by atoms with van der Waals surface area (Å²) >= 11 is 1.15. The smallest absolute Gasteiger partial charge is 0.273 e. The first-order valence-electron chi connectivity index (χ1n) is 5.62. The fourth-order valence-electron chi connectivity index (χ4n) is 1.79. The molecule has 7 heteroatoms. The number of aromatic amines is 1. The van der Waals surface area contributed by atoms with Crippen LogP contribution in [0.3, 0.4) is 0 Å². The number of hydrogen-bond acceptors (Lipinski definition) is 5. The molecule has 0 aliphatic rings. The third kappa shape index (κ3) is 2.27. The van der Waals surface area contributed by atoms with Crippen LogP contribution >= 0.6 is 11.5 Å². The van der Waals surface area contributed by atoms with Crippen LogP contribution in [0.15, 0.2) is 24.3 Å². The number of rotatable bonds is 2. The SMILES string of the molecule is Cc1nsc(NC(=O)c2cc3cc(N)ccc3[nH]2)n1. The van der Waals surface area contributed by atoms with Crippen molar-refractivity contribution in [1.29, 1.82) is 0 Å². The van der Waals surface area contributed by atoms with Gasteiger partial charge < -0.3 is 10.7 Å². The molecule has 0 saturated carbocycles. The number of anilines is 2. The average Bonchev–Trinajstić information content (AvgIpc) is 2.95. The minimum absolute atomic E-state index is 0.245. The summed E-state index contributed by atoms with van der Waals surface area (Å²) in [4.78, 5) is 19.2. The maximum absolute atomic E-state index is 12.0. The fraction of sp³-hybridized carbons (Fsp3) is 0.0833. The Labute approximate surface area is 112 Å². The molecule has 0 aliphatic heterocycles. The van der Waals surface area contributed by atoms with Crippen molar-refractivity contribution in [2.75, 3.05) is 11.1 Å². The summed E-state index contributed by atoms with van der Waals surface area (Å²) in [5, 5.41) is 4.09. The van der Waals surface area contributed by atoms with Crippen LogP contribution in [0.1, 0.15) is 16.3 Å². The lowest BCUT2D eigenvalue weighted by Gasteiger charge is -1.96. The summed E-state index contributed by atoms with van der Waals surface area (Å²) in [5.41, 5.74) is 7.70. The molecule has 0 atom stereocenters. The quantitative estimate of drug-likeness (QED) is 0.623. The van der Waals surface area contributed by atoms with E-state index in [1.807, 2.05) is 12.1 Å². The summed E-state index contributed by atoms with van der Waals surface area (Å²) in [6, 6.07) is 7.21. The fourth-order valence-corrected chi connectivity index (χ4v) is 2.36. The molecule has 0 radical (unpaired) electrons. The van der Waals surface area contributed by atoms with Crippen LogP contribution in [0.2, 0.25) is 0 Å². The summed E-state index contributed by atoms with van der Waals surface area (Å²) < 4.78 is 4.01. The molecule has 0 spiro atoms. The van der Waals surface area contributed by atoms with Crippen LogP contribution in [0.4, 0.5) is 10.8 Å². The van der Waals surface area contributed by atoms with Gasteiger partial charge in [-0.1, -0.05) is 0 Å². The summed E-state index contributed by atoms with van der Waals surface area (Å²) in [5.74, 6) is 0.399. The second-order valence-corrected chi connectivity index (χ2v) is 4.88. The monoisotopic (exact) mass is 273 g/mol. The number of fused-ring (bicyclic) bond motifs is 1. The van der Waals surface area contributed by atoms with Gasteiger partial charge in [0.15, 0.2) is 0 Å². The van der Waals surface area contributed by atoms with Crippen molar-refractivity contribution in [3.8, 4) is 0 Å². The Balaban J connectivity index is 1.89. The number of hydrogen-bond donors (Lipinski definition) is 3. The Morgan fingerprint density at radius 2 is 2.26 bits per heavy atom. The van der Waals surface area contributed by atoms with Crippen LogP contribution in [0, 0.1) is 6.92 Å². The van der Waals surface area contributed by atoms with Crippen molar-refractivity contribution in [2.45, 2.75) is 6.92 Å². The lowest BCUT2D eigenvalue weighted by Crippen LogP contribution is -2.11. The standard InChI is InChI=1S/C12H11N5OS/c1-6-14-12(19-17-6)16-11(18)10-5-7-4-8(13)2-3-9(7)15-10/h2-5,15H,13H2,1H3,(H,14,16,17,18). The number of carbonyl (C=O) groups excluding carboxylic acids is 1. The molecule has 2 aromatic heterocycles. The number of amides is 1. The first kappa shape index (κ1) is 11.7. The topological polar surface area (TPSA) is 96.7 Å². The van der Waals surface area contributed by atoms with E-state index in [1.165, 1.54) is 0 Å². The first-order chi connectivity index (χ1) is 9.11. The third-order valence-corrected chi connectivity index (χ3v) is 3.36. The molecule has 0 fully saturated rings. The van der Waals surface area contributed by atoms with Crippen LogP contribution in [0.5, 0.6) is 0 Å². The van der Waals surface area contributed by atoms with E-state index in [0.717, 1.165) is 22.4 Å². The van der Waals surface area contributed by atoms with Crippen molar-refractivity contribution in [3.05, 3.63) is 35.8 Å².